The van der Waals surface area contributed by atoms with Crippen LogP contribution in [0.4, 0.5) is 0 Å². The van der Waals surface area contributed by atoms with Gasteiger partial charge in [-0.15, -0.1) is 24.0 Å². The molecule has 0 radical (unpaired) electrons. The number of aliphatic imine (C=N–C) groups is 1. The number of aryl methyl sites for hydroxylation is 1. The summed E-state index contributed by atoms with van der Waals surface area (Å²) in [5.74, 6) is 2.52. The van der Waals surface area contributed by atoms with Crippen LogP contribution in [0.3, 0.4) is 0 Å². The Hall–Kier alpha value is -1.28. The minimum absolute atomic E-state index is 0. The molecule has 144 valence electrons. The molecule has 0 aliphatic carbocycles. The van der Waals surface area contributed by atoms with Gasteiger partial charge in [-0.1, -0.05) is 25.1 Å². The van der Waals surface area contributed by atoms with Gasteiger partial charge in [0, 0.05) is 30.6 Å². The fourth-order valence-corrected chi connectivity index (χ4v) is 3.48. The number of halogens is 1. The summed E-state index contributed by atoms with van der Waals surface area (Å²) in [6.45, 7) is 12.4. The molecule has 2 heterocycles. The molecule has 1 aliphatic heterocycles. The van der Waals surface area contributed by atoms with Crippen LogP contribution in [0, 0.1) is 12.8 Å². The van der Waals surface area contributed by atoms with Gasteiger partial charge in [0.2, 0.25) is 0 Å². The number of hydrogen-bond acceptors (Lipinski definition) is 3. The number of benzene rings is 1. The molecule has 26 heavy (non-hydrogen) atoms. The van der Waals surface area contributed by atoms with Gasteiger partial charge in [0.15, 0.2) is 5.96 Å². The van der Waals surface area contributed by atoms with E-state index >= 15 is 0 Å². The Kier molecular flexibility index (Phi) is 8.21. The van der Waals surface area contributed by atoms with E-state index < -0.39 is 0 Å². The van der Waals surface area contributed by atoms with Crippen molar-refractivity contribution in [3.63, 3.8) is 0 Å². The van der Waals surface area contributed by atoms with E-state index in [9.17, 15) is 0 Å². The molecule has 0 spiro atoms. The maximum Gasteiger partial charge on any atom is 0.191 e. The van der Waals surface area contributed by atoms with Crippen LogP contribution >= 0.6 is 24.0 Å². The van der Waals surface area contributed by atoms with E-state index in [0.29, 0.717) is 12.5 Å². The van der Waals surface area contributed by atoms with Crippen molar-refractivity contribution < 1.29 is 4.42 Å². The fourth-order valence-electron chi connectivity index (χ4n) is 3.48. The number of rotatable bonds is 6. The molecule has 2 aromatic rings. The normalized spacial score (nSPS) is 18.1. The number of likely N-dealkylation sites (tertiary alicyclic amines) is 1. The zero-order chi connectivity index (χ0) is 17.6. The van der Waals surface area contributed by atoms with E-state index in [-0.39, 0.29) is 24.0 Å². The summed E-state index contributed by atoms with van der Waals surface area (Å²) in [6.07, 6.45) is 1.27. The Morgan fingerprint density at radius 1 is 1.27 bits per heavy atom. The van der Waals surface area contributed by atoms with E-state index in [1.807, 2.05) is 18.2 Å². The molecule has 1 aromatic heterocycles. The molecule has 1 atom stereocenters. The summed E-state index contributed by atoms with van der Waals surface area (Å²) in [6, 6.07) is 8.17. The van der Waals surface area contributed by atoms with Gasteiger partial charge in [0.1, 0.15) is 17.9 Å². The van der Waals surface area contributed by atoms with Gasteiger partial charge in [-0.05, 0) is 45.3 Å². The first-order valence-electron chi connectivity index (χ1n) is 9.42. The lowest BCUT2D eigenvalue weighted by atomic mass is 10.1. The summed E-state index contributed by atoms with van der Waals surface area (Å²) < 4.78 is 5.96. The number of furan rings is 1. The van der Waals surface area contributed by atoms with E-state index in [0.717, 1.165) is 36.9 Å². The first kappa shape index (κ1) is 21.0. The SMILES string of the molecule is CCNC(=NCc1oc2ccccc2c1C)NCC1CCN(CC)C1.I. The van der Waals surface area contributed by atoms with E-state index in [2.05, 4.69) is 42.4 Å². The Balaban J connectivity index is 0.00000243. The standard InChI is InChI=1S/C20H30N4O.HI/c1-4-21-20(22-12-16-10-11-24(5-2)14-16)23-13-19-15(3)17-8-6-7-9-18(17)25-19;/h6-9,16H,4-5,10-14H2,1-3H3,(H2,21,22,23);1H. The van der Waals surface area contributed by atoms with Crippen molar-refractivity contribution in [3.8, 4) is 0 Å². The van der Waals surface area contributed by atoms with Crippen LogP contribution in [0.1, 0.15) is 31.6 Å². The number of hydrogen-bond donors (Lipinski definition) is 2. The van der Waals surface area contributed by atoms with E-state index in [4.69, 9.17) is 9.41 Å². The van der Waals surface area contributed by atoms with Crippen LogP contribution < -0.4 is 10.6 Å². The molecule has 1 fully saturated rings. The number of nitrogens with one attached hydrogen (secondary N) is 2. The molecule has 0 bridgehead atoms. The number of nitrogens with zero attached hydrogens (tertiary/aromatic N) is 2. The first-order chi connectivity index (χ1) is 12.2. The van der Waals surface area contributed by atoms with E-state index in [1.165, 1.54) is 30.5 Å². The second-order valence-electron chi connectivity index (χ2n) is 6.77. The van der Waals surface area contributed by atoms with Crippen LogP contribution in [0.5, 0.6) is 0 Å². The van der Waals surface area contributed by atoms with Crippen molar-refractivity contribution >= 4 is 40.9 Å². The molecule has 1 aliphatic rings. The van der Waals surface area contributed by atoms with Gasteiger partial charge in [0.05, 0.1) is 0 Å². The maximum absolute atomic E-state index is 5.96. The smallest absolute Gasteiger partial charge is 0.191 e. The average Bonchev–Trinajstić information content (AvgIpc) is 3.22. The molecule has 0 amide bonds. The predicted octanol–water partition coefficient (Wildman–Crippen LogP) is 3.76. The third kappa shape index (κ3) is 5.13. The van der Waals surface area contributed by atoms with Crippen LogP contribution in [-0.2, 0) is 6.54 Å². The highest BCUT2D eigenvalue weighted by molar-refractivity contribution is 14.0. The van der Waals surface area contributed by atoms with Crippen molar-refractivity contribution in [3.05, 3.63) is 35.6 Å². The highest BCUT2D eigenvalue weighted by Crippen LogP contribution is 2.25. The van der Waals surface area contributed by atoms with Gasteiger partial charge in [-0.3, -0.25) is 0 Å². The largest absolute Gasteiger partial charge is 0.459 e. The third-order valence-electron chi connectivity index (χ3n) is 5.04. The van der Waals surface area contributed by atoms with Gasteiger partial charge >= 0.3 is 0 Å². The highest BCUT2D eigenvalue weighted by Gasteiger charge is 2.21. The summed E-state index contributed by atoms with van der Waals surface area (Å²) >= 11 is 0. The second kappa shape index (κ2) is 10.2. The van der Waals surface area contributed by atoms with Crippen molar-refractivity contribution in [1.82, 2.24) is 15.5 Å². The molecule has 0 saturated carbocycles. The van der Waals surface area contributed by atoms with Crippen molar-refractivity contribution in [2.24, 2.45) is 10.9 Å². The molecule has 5 nitrogen and oxygen atoms in total. The van der Waals surface area contributed by atoms with Crippen molar-refractivity contribution in [1.29, 1.82) is 0 Å². The molecule has 1 saturated heterocycles. The summed E-state index contributed by atoms with van der Waals surface area (Å²) in [7, 11) is 0. The molecular formula is C20H31IN4O. The monoisotopic (exact) mass is 470 g/mol. The lowest BCUT2D eigenvalue weighted by molar-refractivity contribution is 0.342. The number of guanidine groups is 1. The van der Waals surface area contributed by atoms with Gasteiger partial charge < -0.3 is 20.0 Å². The Morgan fingerprint density at radius 2 is 2.08 bits per heavy atom. The lowest BCUT2D eigenvalue weighted by Crippen LogP contribution is -2.40. The lowest BCUT2D eigenvalue weighted by Gasteiger charge is -2.16. The number of fused-ring (bicyclic) bond motifs is 1. The van der Waals surface area contributed by atoms with Crippen LogP contribution in [0.2, 0.25) is 0 Å². The molecule has 6 heteroatoms. The van der Waals surface area contributed by atoms with Crippen LogP contribution in [0.25, 0.3) is 11.0 Å². The van der Waals surface area contributed by atoms with Gasteiger partial charge in [-0.25, -0.2) is 4.99 Å². The average molecular weight is 470 g/mol. The highest BCUT2D eigenvalue weighted by atomic mass is 127. The number of para-hydroxylation sites is 1. The summed E-state index contributed by atoms with van der Waals surface area (Å²) in [5, 5.41) is 8.02. The summed E-state index contributed by atoms with van der Waals surface area (Å²) in [4.78, 5) is 7.24. The molecule has 2 N–H and O–H groups in total. The molecule has 3 rings (SSSR count). The Morgan fingerprint density at radius 3 is 2.77 bits per heavy atom. The maximum atomic E-state index is 5.96. The first-order valence-corrected chi connectivity index (χ1v) is 9.42. The topological polar surface area (TPSA) is 52.8 Å². The minimum Gasteiger partial charge on any atom is -0.459 e. The zero-order valence-electron chi connectivity index (χ0n) is 16.0. The Labute approximate surface area is 173 Å². The van der Waals surface area contributed by atoms with Gasteiger partial charge in [0.25, 0.3) is 0 Å². The van der Waals surface area contributed by atoms with Crippen molar-refractivity contribution in [2.45, 2.75) is 33.7 Å². The fraction of sp³-hybridized carbons (Fsp3) is 0.550. The summed E-state index contributed by atoms with van der Waals surface area (Å²) in [5.41, 5.74) is 2.12. The third-order valence-corrected chi connectivity index (χ3v) is 5.04. The van der Waals surface area contributed by atoms with E-state index in [1.54, 1.807) is 0 Å². The van der Waals surface area contributed by atoms with Crippen molar-refractivity contribution in [2.75, 3.05) is 32.7 Å². The molecule has 1 aromatic carbocycles. The molecular weight excluding hydrogens is 439 g/mol. The van der Waals surface area contributed by atoms with Gasteiger partial charge in [-0.2, -0.15) is 0 Å². The zero-order valence-corrected chi connectivity index (χ0v) is 18.4. The minimum atomic E-state index is 0. The quantitative estimate of drug-likeness (QED) is 0.384. The van der Waals surface area contributed by atoms with Crippen LogP contribution in [0.15, 0.2) is 33.7 Å². The second-order valence-corrected chi connectivity index (χ2v) is 6.77. The predicted molar refractivity (Wildman–Crippen MR) is 119 cm³/mol. The Bertz CT molecular complexity index is 728. The molecule has 1 unspecified atom stereocenters. The van der Waals surface area contributed by atoms with Crippen LogP contribution in [-0.4, -0.2) is 43.6 Å².